The van der Waals surface area contributed by atoms with Crippen LogP contribution >= 0.6 is 11.3 Å². The Balaban J connectivity index is 1.80. The maximum absolute atomic E-state index is 4.16. The Bertz CT molecular complexity index is 644. The Hall–Kier alpha value is -2.01. The van der Waals surface area contributed by atoms with E-state index in [4.69, 9.17) is 0 Å². The number of aromatic amines is 1. The van der Waals surface area contributed by atoms with E-state index in [0.717, 1.165) is 12.2 Å². The first kappa shape index (κ1) is 12.0. The summed E-state index contributed by atoms with van der Waals surface area (Å²) in [6, 6.07) is 8.38. The third-order valence-electron chi connectivity index (χ3n) is 3.18. The van der Waals surface area contributed by atoms with Gasteiger partial charge in [0.2, 0.25) is 0 Å². The van der Waals surface area contributed by atoms with Crippen LogP contribution in [-0.2, 0) is 6.54 Å². The van der Waals surface area contributed by atoms with E-state index in [-0.39, 0.29) is 0 Å². The molecule has 3 rings (SSSR count). The van der Waals surface area contributed by atoms with Gasteiger partial charge in [0.1, 0.15) is 0 Å². The maximum atomic E-state index is 4.16. The van der Waals surface area contributed by atoms with Gasteiger partial charge in [0, 0.05) is 17.0 Å². The molecule has 0 fully saturated rings. The minimum atomic E-state index is 0.750. The van der Waals surface area contributed by atoms with Gasteiger partial charge in [-0.15, -0.1) is 11.3 Å². The van der Waals surface area contributed by atoms with Crippen molar-refractivity contribution < 1.29 is 0 Å². The lowest BCUT2D eigenvalue weighted by molar-refractivity contribution is 0.793. The second-order valence-electron chi connectivity index (χ2n) is 4.53. The zero-order valence-corrected chi connectivity index (χ0v) is 11.8. The standard InChI is InChI=1S/C14H16N4S/c1-10-5-6-11(2)18(10)16-9-12-8-15-17-14(12)13-4-3-7-19-13/h3-8,16H,9H2,1-2H3,(H,15,17). The van der Waals surface area contributed by atoms with E-state index in [9.17, 15) is 0 Å². The highest BCUT2D eigenvalue weighted by Crippen LogP contribution is 2.25. The second kappa shape index (κ2) is 4.93. The highest BCUT2D eigenvalue weighted by Gasteiger charge is 2.09. The van der Waals surface area contributed by atoms with Gasteiger partial charge in [-0.05, 0) is 37.4 Å². The van der Waals surface area contributed by atoms with Crippen molar-refractivity contribution in [2.45, 2.75) is 20.4 Å². The molecule has 0 unspecified atom stereocenters. The number of thiophene rings is 1. The van der Waals surface area contributed by atoms with Crippen LogP contribution in [0.2, 0.25) is 0 Å². The first-order chi connectivity index (χ1) is 9.25. The number of nitrogens with zero attached hydrogens (tertiary/aromatic N) is 2. The fraction of sp³-hybridized carbons (Fsp3) is 0.214. The molecule has 0 bridgehead atoms. The van der Waals surface area contributed by atoms with Crippen LogP contribution in [0.5, 0.6) is 0 Å². The molecule has 0 amide bonds. The summed E-state index contributed by atoms with van der Waals surface area (Å²) in [7, 11) is 0. The molecule has 2 N–H and O–H groups in total. The molecule has 0 aromatic carbocycles. The molecular weight excluding hydrogens is 256 g/mol. The van der Waals surface area contributed by atoms with E-state index < -0.39 is 0 Å². The van der Waals surface area contributed by atoms with Gasteiger partial charge < -0.3 is 5.43 Å². The van der Waals surface area contributed by atoms with Crippen molar-refractivity contribution in [1.29, 1.82) is 0 Å². The van der Waals surface area contributed by atoms with E-state index in [2.05, 4.69) is 63.8 Å². The van der Waals surface area contributed by atoms with E-state index >= 15 is 0 Å². The lowest BCUT2D eigenvalue weighted by Crippen LogP contribution is -2.16. The number of H-pyrrole nitrogens is 1. The molecule has 0 atom stereocenters. The summed E-state index contributed by atoms with van der Waals surface area (Å²) >= 11 is 1.72. The SMILES string of the molecule is Cc1ccc(C)n1NCc1cn[nH]c1-c1cccs1. The molecule has 0 spiro atoms. The Morgan fingerprint density at radius 2 is 2.05 bits per heavy atom. The summed E-state index contributed by atoms with van der Waals surface area (Å²) in [6.07, 6.45) is 1.89. The molecule has 0 aliphatic rings. The third kappa shape index (κ3) is 2.29. The second-order valence-corrected chi connectivity index (χ2v) is 5.48. The number of hydrogen-bond donors (Lipinski definition) is 2. The smallest absolute Gasteiger partial charge is 0.0800 e. The van der Waals surface area contributed by atoms with Crippen molar-refractivity contribution in [3.8, 4) is 10.6 Å². The summed E-state index contributed by atoms with van der Waals surface area (Å²) in [5.41, 5.74) is 8.12. The lowest BCUT2D eigenvalue weighted by atomic mass is 10.2. The minimum Gasteiger partial charge on any atom is -0.321 e. The van der Waals surface area contributed by atoms with Crippen LogP contribution in [0.1, 0.15) is 17.0 Å². The van der Waals surface area contributed by atoms with Crippen molar-refractivity contribution in [1.82, 2.24) is 14.9 Å². The van der Waals surface area contributed by atoms with Gasteiger partial charge in [0.05, 0.1) is 23.3 Å². The predicted octanol–water partition coefficient (Wildman–Crippen LogP) is 3.30. The molecule has 5 heteroatoms. The van der Waals surface area contributed by atoms with E-state index in [0.29, 0.717) is 0 Å². The normalized spacial score (nSPS) is 10.8. The highest BCUT2D eigenvalue weighted by molar-refractivity contribution is 7.13. The molecule has 98 valence electrons. The molecule has 0 aliphatic heterocycles. The van der Waals surface area contributed by atoms with Crippen molar-refractivity contribution in [2.75, 3.05) is 5.43 Å². The molecule has 4 nitrogen and oxygen atoms in total. The highest BCUT2D eigenvalue weighted by atomic mass is 32.1. The Morgan fingerprint density at radius 1 is 1.26 bits per heavy atom. The molecule has 0 saturated heterocycles. The van der Waals surface area contributed by atoms with Gasteiger partial charge in [-0.3, -0.25) is 9.77 Å². The van der Waals surface area contributed by atoms with Gasteiger partial charge in [-0.2, -0.15) is 5.10 Å². The molecule has 0 aliphatic carbocycles. The van der Waals surface area contributed by atoms with Crippen LogP contribution in [0, 0.1) is 13.8 Å². The third-order valence-corrected chi connectivity index (χ3v) is 4.07. The van der Waals surface area contributed by atoms with E-state index in [1.165, 1.54) is 21.8 Å². The fourth-order valence-electron chi connectivity index (χ4n) is 2.16. The number of aromatic nitrogens is 3. The quantitative estimate of drug-likeness (QED) is 0.765. The molecule has 3 aromatic heterocycles. The fourth-order valence-corrected chi connectivity index (χ4v) is 2.92. The summed E-state index contributed by atoms with van der Waals surface area (Å²) in [5.74, 6) is 0. The summed E-state index contributed by atoms with van der Waals surface area (Å²) in [5, 5.41) is 9.31. The van der Waals surface area contributed by atoms with Gasteiger partial charge in [-0.25, -0.2) is 0 Å². The number of rotatable bonds is 4. The Kier molecular flexibility index (Phi) is 3.13. The molecule has 3 aromatic rings. The van der Waals surface area contributed by atoms with Gasteiger partial charge >= 0.3 is 0 Å². The van der Waals surface area contributed by atoms with Gasteiger partial charge in [-0.1, -0.05) is 6.07 Å². The number of hydrogen-bond acceptors (Lipinski definition) is 3. The average Bonchev–Trinajstić information content (AvgIpc) is 3.09. The maximum Gasteiger partial charge on any atom is 0.0800 e. The van der Waals surface area contributed by atoms with Crippen LogP contribution in [0.4, 0.5) is 0 Å². The van der Waals surface area contributed by atoms with E-state index in [1.54, 1.807) is 11.3 Å². The summed E-state index contributed by atoms with van der Waals surface area (Å²) < 4.78 is 2.10. The zero-order chi connectivity index (χ0) is 13.2. The van der Waals surface area contributed by atoms with Crippen molar-refractivity contribution in [2.24, 2.45) is 0 Å². The summed E-state index contributed by atoms with van der Waals surface area (Å²) in [6.45, 7) is 4.94. The van der Waals surface area contributed by atoms with Crippen molar-refractivity contribution in [3.05, 3.63) is 52.8 Å². The molecule has 0 radical (unpaired) electrons. The predicted molar refractivity (Wildman–Crippen MR) is 78.9 cm³/mol. The molecule has 0 saturated carbocycles. The molecule has 19 heavy (non-hydrogen) atoms. The van der Waals surface area contributed by atoms with Crippen molar-refractivity contribution in [3.63, 3.8) is 0 Å². The van der Waals surface area contributed by atoms with Crippen LogP contribution in [0.15, 0.2) is 35.8 Å². The first-order valence-corrected chi connectivity index (χ1v) is 7.08. The number of aryl methyl sites for hydroxylation is 2. The van der Waals surface area contributed by atoms with Gasteiger partial charge in [0.15, 0.2) is 0 Å². The van der Waals surface area contributed by atoms with Gasteiger partial charge in [0.25, 0.3) is 0 Å². The topological polar surface area (TPSA) is 45.6 Å². The Labute approximate surface area is 116 Å². The van der Waals surface area contributed by atoms with Crippen LogP contribution < -0.4 is 5.43 Å². The summed E-state index contributed by atoms with van der Waals surface area (Å²) in [4.78, 5) is 1.22. The number of nitrogens with one attached hydrogen (secondary N) is 2. The molecule has 3 heterocycles. The van der Waals surface area contributed by atoms with Crippen LogP contribution in [0.25, 0.3) is 10.6 Å². The first-order valence-electron chi connectivity index (χ1n) is 6.20. The Morgan fingerprint density at radius 3 is 2.74 bits per heavy atom. The lowest BCUT2D eigenvalue weighted by Gasteiger charge is -2.12. The largest absolute Gasteiger partial charge is 0.321 e. The van der Waals surface area contributed by atoms with Crippen LogP contribution in [-0.4, -0.2) is 14.9 Å². The van der Waals surface area contributed by atoms with Crippen molar-refractivity contribution >= 4 is 11.3 Å². The molecular formula is C14H16N4S. The monoisotopic (exact) mass is 272 g/mol. The zero-order valence-electron chi connectivity index (χ0n) is 11.0. The van der Waals surface area contributed by atoms with E-state index in [1.807, 2.05) is 6.20 Å². The minimum absolute atomic E-state index is 0.750. The average molecular weight is 272 g/mol. The van der Waals surface area contributed by atoms with Crippen LogP contribution in [0.3, 0.4) is 0 Å².